The number of aromatic nitrogens is 4. The number of anilines is 3. The molecule has 4 saturated carbocycles. The third kappa shape index (κ3) is 5.17. The lowest BCUT2D eigenvalue weighted by molar-refractivity contribution is 0.225. The lowest BCUT2D eigenvalue weighted by atomic mass is 9.91. The van der Waals surface area contributed by atoms with Gasteiger partial charge < -0.3 is 26.2 Å². The minimum absolute atomic E-state index is 0.0191. The fraction of sp³-hybridized carbons (Fsp3) is 0.643. The average Bonchev–Trinajstić information content (AvgIpc) is 3.31. The highest BCUT2D eigenvalue weighted by Crippen LogP contribution is 2.42. The molecule has 2 atom stereocenters. The Morgan fingerprint density at radius 2 is 1.76 bits per heavy atom. The molecule has 2 aromatic rings. The van der Waals surface area contributed by atoms with E-state index in [-0.39, 0.29) is 18.1 Å². The number of carbonyl (C=O) groups excluding carboxylic acids is 1. The third-order valence-corrected chi connectivity index (χ3v) is 9.14. The fourth-order valence-electron chi connectivity index (χ4n) is 6.94. The van der Waals surface area contributed by atoms with E-state index < -0.39 is 0 Å². The Labute approximate surface area is 223 Å². The Morgan fingerprint density at radius 1 is 0.947 bits per heavy atom. The van der Waals surface area contributed by atoms with Gasteiger partial charge in [-0.2, -0.15) is 10.1 Å². The Kier molecular flexibility index (Phi) is 6.33. The molecule has 2 unspecified atom stereocenters. The molecular weight excluding hydrogens is 478 g/mol. The van der Waals surface area contributed by atoms with Crippen molar-refractivity contribution in [1.29, 1.82) is 0 Å². The molecule has 10 nitrogen and oxygen atoms in total. The van der Waals surface area contributed by atoms with Crippen LogP contribution in [-0.2, 0) is 0 Å². The van der Waals surface area contributed by atoms with Gasteiger partial charge in [0.1, 0.15) is 5.82 Å². The van der Waals surface area contributed by atoms with Gasteiger partial charge in [0, 0.05) is 54.2 Å². The van der Waals surface area contributed by atoms with Crippen LogP contribution in [0, 0.1) is 0 Å². The second-order valence-corrected chi connectivity index (χ2v) is 11.9. The number of H-pyrrole nitrogens is 1. The van der Waals surface area contributed by atoms with Crippen molar-refractivity contribution >= 4 is 23.6 Å². The van der Waals surface area contributed by atoms with Gasteiger partial charge in [0.25, 0.3) is 0 Å². The van der Waals surface area contributed by atoms with Crippen LogP contribution in [0.4, 0.5) is 22.4 Å². The summed E-state index contributed by atoms with van der Waals surface area (Å²) in [5.74, 6) is 2.75. The zero-order valence-corrected chi connectivity index (χ0v) is 22.0. The highest BCUT2D eigenvalue weighted by atomic mass is 16.2. The van der Waals surface area contributed by atoms with Gasteiger partial charge in [-0.3, -0.25) is 5.10 Å². The number of rotatable bonds is 8. The number of aromatic amines is 1. The summed E-state index contributed by atoms with van der Waals surface area (Å²) < 4.78 is 0. The molecule has 4 aliphatic carbocycles. The van der Waals surface area contributed by atoms with E-state index in [1.807, 2.05) is 6.07 Å². The summed E-state index contributed by atoms with van der Waals surface area (Å²) in [4.78, 5) is 24.3. The predicted octanol–water partition coefficient (Wildman–Crippen LogP) is 4.52. The number of amides is 2. The summed E-state index contributed by atoms with van der Waals surface area (Å²) in [7, 11) is 0. The van der Waals surface area contributed by atoms with Crippen molar-refractivity contribution in [1.82, 2.24) is 35.7 Å². The Bertz CT molecular complexity index is 1180. The first-order chi connectivity index (χ1) is 18.7. The van der Waals surface area contributed by atoms with Gasteiger partial charge >= 0.3 is 6.03 Å². The Morgan fingerprint density at radius 3 is 2.53 bits per heavy atom. The first-order valence-electron chi connectivity index (χ1n) is 14.6. The lowest BCUT2D eigenvalue weighted by Gasteiger charge is -2.31. The smallest absolute Gasteiger partial charge is 0.315 e. The molecule has 0 spiro atoms. The highest BCUT2D eigenvalue weighted by Gasteiger charge is 2.43. The molecule has 38 heavy (non-hydrogen) atoms. The minimum atomic E-state index is -0.0191. The quantitative estimate of drug-likeness (QED) is 0.349. The molecule has 5 N–H and O–H groups in total. The van der Waals surface area contributed by atoms with Gasteiger partial charge in [0.2, 0.25) is 5.95 Å². The SMILES string of the molecule is O=C(NC1CCC(Nc2nccc(Nc3cc(C4CCCC4)[nH]n3)n2)CC1)NC1CC2CC1=CN2C1CC1. The summed E-state index contributed by atoms with van der Waals surface area (Å²) in [5, 5.41) is 20.9. The number of fused-ring (bicyclic) bond motifs is 2. The van der Waals surface area contributed by atoms with Crippen LogP contribution < -0.4 is 21.3 Å². The van der Waals surface area contributed by atoms with Gasteiger partial charge in [0.05, 0.1) is 6.04 Å². The van der Waals surface area contributed by atoms with Gasteiger partial charge in [-0.15, -0.1) is 0 Å². The van der Waals surface area contributed by atoms with Crippen LogP contribution in [-0.4, -0.2) is 61.3 Å². The second kappa shape index (κ2) is 10.1. The molecule has 0 radical (unpaired) electrons. The Hall–Kier alpha value is -3.30. The molecule has 2 amide bonds. The van der Waals surface area contributed by atoms with Crippen LogP contribution in [0.1, 0.15) is 88.7 Å². The van der Waals surface area contributed by atoms with Crippen LogP contribution in [0.2, 0.25) is 0 Å². The number of urea groups is 1. The van der Waals surface area contributed by atoms with Crippen molar-refractivity contribution in [2.24, 2.45) is 0 Å². The van der Waals surface area contributed by atoms with Crippen LogP contribution in [0.5, 0.6) is 0 Å². The van der Waals surface area contributed by atoms with E-state index in [4.69, 9.17) is 0 Å². The minimum Gasteiger partial charge on any atom is -0.371 e. The van der Waals surface area contributed by atoms with Crippen molar-refractivity contribution in [2.75, 3.05) is 10.6 Å². The fourth-order valence-corrected chi connectivity index (χ4v) is 6.94. The first kappa shape index (κ1) is 23.8. The average molecular weight is 518 g/mol. The van der Waals surface area contributed by atoms with Crippen LogP contribution in [0.15, 0.2) is 30.1 Å². The zero-order chi connectivity index (χ0) is 25.5. The van der Waals surface area contributed by atoms with E-state index in [9.17, 15) is 4.79 Å². The summed E-state index contributed by atoms with van der Waals surface area (Å²) in [5.41, 5.74) is 2.62. The molecule has 2 bridgehead atoms. The van der Waals surface area contributed by atoms with Gasteiger partial charge in [-0.1, -0.05) is 12.8 Å². The van der Waals surface area contributed by atoms with Crippen molar-refractivity contribution in [3.05, 3.63) is 35.8 Å². The number of carbonyl (C=O) groups is 1. The molecule has 5 aliphatic rings. The molecule has 0 saturated heterocycles. The molecule has 2 aromatic heterocycles. The van der Waals surface area contributed by atoms with E-state index in [2.05, 4.69) is 58.6 Å². The van der Waals surface area contributed by atoms with E-state index in [0.29, 0.717) is 23.9 Å². The summed E-state index contributed by atoms with van der Waals surface area (Å²) in [6.07, 6.45) is 17.9. The van der Waals surface area contributed by atoms with Crippen molar-refractivity contribution < 1.29 is 4.79 Å². The van der Waals surface area contributed by atoms with E-state index in [0.717, 1.165) is 56.2 Å². The maximum atomic E-state index is 12.7. The first-order valence-corrected chi connectivity index (χ1v) is 14.6. The van der Waals surface area contributed by atoms with Crippen LogP contribution in [0.3, 0.4) is 0 Å². The van der Waals surface area contributed by atoms with E-state index in [1.54, 1.807) is 6.20 Å². The number of hydrogen-bond acceptors (Lipinski definition) is 7. The molecule has 0 aromatic carbocycles. The topological polar surface area (TPSA) is 123 Å². The summed E-state index contributed by atoms with van der Waals surface area (Å²) in [6, 6.07) is 6.05. The molecule has 10 heteroatoms. The molecule has 1 aliphatic heterocycles. The second-order valence-electron chi connectivity index (χ2n) is 11.9. The number of nitrogens with zero attached hydrogens (tertiary/aromatic N) is 4. The van der Waals surface area contributed by atoms with Crippen LogP contribution >= 0.6 is 0 Å². The molecule has 4 fully saturated rings. The highest BCUT2D eigenvalue weighted by molar-refractivity contribution is 5.75. The van der Waals surface area contributed by atoms with E-state index in [1.165, 1.54) is 49.8 Å². The van der Waals surface area contributed by atoms with Gasteiger partial charge in [-0.05, 0) is 75.8 Å². The number of hydrogen-bond donors (Lipinski definition) is 5. The normalized spacial score (nSPS) is 28.8. The van der Waals surface area contributed by atoms with Gasteiger partial charge in [-0.25, -0.2) is 9.78 Å². The van der Waals surface area contributed by atoms with Crippen LogP contribution in [0.25, 0.3) is 0 Å². The standard InChI is InChI=1S/C28H39N9O/c38-28(32-23-14-22-13-18(23)16-37(22)21-9-10-21)31-20-7-5-19(6-8-20)30-27-29-12-11-25(34-27)33-26-15-24(35-36-26)17-3-1-2-4-17/h11-12,15-17,19-23H,1-10,13-14H2,(H2,31,32,38)(H3,29,30,33,34,35,36). The van der Waals surface area contributed by atoms with Gasteiger partial charge in [0.15, 0.2) is 5.82 Å². The Balaban J connectivity index is 0.858. The third-order valence-electron chi connectivity index (χ3n) is 9.14. The molecule has 202 valence electrons. The van der Waals surface area contributed by atoms with Crippen molar-refractivity contribution in [3.63, 3.8) is 0 Å². The van der Waals surface area contributed by atoms with Crippen molar-refractivity contribution in [2.45, 2.75) is 113 Å². The summed E-state index contributed by atoms with van der Waals surface area (Å²) in [6.45, 7) is 0. The van der Waals surface area contributed by atoms with E-state index >= 15 is 0 Å². The largest absolute Gasteiger partial charge is 0.371 e. The molecule has 7 rings (SSSR count). The molecular formula is C28H39N9O. The monoisotopic (exact) mass is 517 g/mol. The molecule has 3 heterocycles. The maximum absolute atomic E-state index is 12.7. The van der Waals surface area contributed by atoms with Crippen molar-refractivity contribution in [3.8, 4) is 0 Å². The predicted molar refractivity (Wildman–Crippen MR) is 146 cm³/mol. The zero-order valence-electron chi connectivity index (χ0n) is 22.0. The summed E-state index contributed by atoms with van der Waals surface area (Å²) >= 11 is 0. The lowest BCUT2D eigenvalue weighted by Crippen LogP contribution is -2.49. The number of nitrogens with one attached hydrogen (secondary N) is 5. The maximum Gasteiger partial charge on any atom is 0.315 e.